The Kier molecular flexibility index (Phi) is 7.33. The average Bonchev–Trinajstić information content (AvgIpc) is 3.62. The standard InChI is InChI=1S/C25H30F2N2O5/c1-3-33-20-13-28-12-19(22(20)23(26)27)21-15(2)10-17(11-16(21)14-34-18-4-5-18)29-25(24(30)31)6-8-32-9-7-25/h10-13,18,23,29H,3-9,14H2,1-2H3,(H,30,31). The van der Waals surface area contributed by atoms with Crippen LogP contribution >= 0.6 is 0 Å². The highest BCUT2D eigenvalue weighted by Crippen LogP contribution is 2.42. The average molecular weight is 477 g/mol. The molecule has 0 atom stereocenters. The molecule has 34 heavy (non-hydrogen) atoms. The molecule has 4 rings (SSSR count). The Morgan fingerprint density at radius 1 is 1.29 bits per heavy atom. The molecule has 1 saturated heterocycles. The molecular weight excluding hydrogens is 446 g/mol. The van der Waals surface area contributed by atoms with Crippen LogP contribution in [0.1, 0.15) is 55.7 Å². The van der Waals surface area contributed by atoms with Gasteiger partial charge in [-0.2, -0.15) is 0 Å². The number of rotatable bonds is 10. The van der Waals surface area contributed by atoms with Gasteiger partial charge < -0.3 is 24.6 Å². The van der Waals surface area contributed by atoms with Crippen molar-refractivity contribution < 1.29 is 32.9 Å². The van der Waals surface area contributed by atoms with Crippen LogP contribution in [-0.2, 0) is 20.9 Å². The molecule has 0 unspecified atom stereocenters. The van der Waals surface area contributed by atoms with Crippen LogP contribution in [0.5, 0.6) is 5.75 Å². The molecule has 0 amide bonds. The van der Waals surface area contributed by atoms with E-state index in [2.05, 4.69) is 10.3 Å². The molecule has 1 aliphatic heterocycles. The minimum absolute atomic E-state index is 0.0534. The number of hydrogen-bond acceptors (Lipinski definition) is 6. The first-order valence-corrected chi connectivity index (χ1v) is 11.6. The predicted octanol–water partition coefficient (Wildman–Crippen LogP) is 5.12. The second-order valence-corrected chi connectivity index (χ2v) is 8.79. The van der Waals surface area contributed by atoms with Gasteiger partial charge in [-0.05, 0) is 55.5 Å². The number of carboxylic acid groups (broad SMARTS) is 1. The van der Waals surface area contributed by atoms with Gasteiger partial charge in [0.2, 0.25) is 0 Å². The zero-order chi connectivity index (χ0) is 24.3. The summed E-state index contributed by atoms with van der Waals surface area (Å²) in [5, 5.41) is 13.1. The summed E-state index contributed by atoms with van der Waals surface area (Å²) >= 11 is 0. The Bertz CT molecular complexity index is 1040. The van der Waals surface area contributed by atoms with Crippen molar-refractivity contribution in [2.24, 2.45) is 0 Å². The Labute approximate surface area is 197 Å². The fourth-order valence-electron chi connectivity index (χ4n) is 4.41. The molecule has 2 N–H and O–H groups in total. The van der Waals surface area contributed by atoms with Crippen LogP contribution in [-0.4, -0.2) is 47.5 Å². The number of halogens is 2. The molecule has 184 valence electrons. The van der Waals surface area contributed by atoms with Gasteiger partial charge in [-0.15, -0.1) is 0 Å². The van der Waals surface area contributed by atoms with E-state index in [1.165, 1.54) is 12.4 Å². The molecule has 1 saturated carbocycles. The van der Waals surface area contributed by atoms with Crippen LogP contribution in [0, 0.1) is 6.92 Å². The molecular formula is C25H30F2N2O5. The molecule has 9 heteroatoms. The molecule has 2 aliphatic rings. The van der Waals surface area contributed by atoms with E-state index in [4.69, 9.17) is 14.2 Å². The number of aryl methyl sites for hydroxylation is 1. The Balaban J connectivity index is 1.79. The summed E-state index contributed by atoms with van der Waals surface area (Å²) in [6.07, 6.45) is 2.73. The number of aromatic nitrogens is 1. The number of nitrogens with zero attached hydrogens (tertiary/aromatic N) is 1. The third kappa shape index (κ3) is 5.15. The maximum absolute atomic E-state index is 14.2. The van der Waals surface area contributed by atoms with Gasteiger partial charge in [0.1, 0.15) is 11.3 Å². The summed E-state index contributed by atoms with van der Waals surface area (Å²) in [4.78, 5) is 16.3. The highest BCUT2D eigenvalue weighted by Gasteiger charge is 2.40. The highest BCUT2D eigenvalue weighted by molar-refractivity contribution is 5.84. The monoisotopic (exact) mass is 476 g/mol. The first-order chi connectivity index (χ1) is 16.3. The SMILES string of the molecule is CCOc1cncc(-c2c(C)cc(NC3(C(=O)O)CCOCC3)cc2COC2CC2)c1C(F)F. The second-order valence-electron chi connectivity index (χ2n) is 8.79. The normalized spacial score (nSPS) is 17.6. The zero-order valence-corrected chi connectivity index (χ0v) is 19.4. The maximum Gasteiger partial charge on any atom is 0.329 e. The van der Waals surface area contributed by atoms with Crippen molar-refractivity contribution in [3.05, 3.63) is 41.2 Å². The van der Waals surface area contributed by atoms with Gasteiger partial charge in [0.15, 0.2) is 0 Å². The number of hydrogen-bond donors (Lipinski definition) is 2. The minimum atomic E-state index is -2.76. The minimum Gasteiger partial charge on any atom is -0.492 e. The summed E-state index contributed by atoms with van der Waals surface area (Å²) in [6, 6.07) is 3.59. The number of anilines is 1. The molecule has 2 aromatic rings. The fourth-order valence-corrected chi connectivity index (χ4v) is 4.41. The second kappa shape index (κ2) is 10.2. The van der Waals surface area contributed by atoms with Crippen LogP contribution in [0.3, 0.4) is 0 Å². The van der Waals surface area contributed by atoms with E-state index < -0.39 is 17.9 Å². The third-order valence-electron chi connectivity index (χ3n) is 6.29. The molecule has 0 spiro atoms. The van der Waals surface area contributed by atoms with Gasteiger partial charge in [0, 0.05) is 43.5 Å². The maximum atomic E-state index is 14.2. The number of aliphatic carboxylic acids is 1. The fraction of sp³-hybridized carbons (Fsp3) is 0.520. The Morgan fingerprint density at radius 2 is 2.03 bits per heavy atom. The summed E-state index contributed by atoms with van der Waals surface area (Å²) in [5.41, 5.74) is 1.55. The largest absolute Gasteiger partial charge is 0.492 e. The summed E-state index contributed by atoms with van der Waals surface area (Å²) < 4.78 is 45.1. The number of benzene rings is 1. The van der Waals surface area contributed by atoms with Crippen molar-refractivity contribution >= 4 is 11.7 Å². The van der Waals surface area contributed by atoms with Crippen molar-refractivity contribution in [2.75, 3.05) is 25.1 Å². The van der Waals surface area contributed by atoms with E-state index in [-0.39, 0.29) is 30.6 Å². The molecule has 0 radical (unpaired) electrons. The first-order valence-electron chi connectivity index (χ1n) is 11.6. The molecule has 1 aromatic heterocycles. The number of carboxylic acids is 1. The van der Waals surface area contributed by atoms with Gasteiger partial charge >= 0.3 is 5.97 Å². The molecule has 2 heterocycles. The highest BCUT2D eigenvalue weighted by atomic mass is 19.3. The van der Waals surface area contributed by atoms with Crippen molar-refractivity contribution in [2.45, 2.75) is 64.2 Å². The third-order valence-corrected chi connectivity index (χ3v) is 6.29. The molecule has 7 nitrogen and oxygen atoms in total. The number of ether oxygens (including phenoxy) is 3. The zero-order valence-electron chi connectivity index (χ0n) is 19.4. The lowest BCUT2D eigenvalue weighted by atomic mass is 9.88. The quantitative estimate of drug-likeness (QED) is 0.492. The van der Waals surface area contributed by atoms with Crippen molar-refractivity contribution in [1.82, 2.24) is 4.98 Å². The van der Waals surface area contributed by atoms with Crippen LogP contribution in [0.15, 0.2) is 24.5 Å². The Hall–Kier alpha value is -2.78. The lowest BCUT2D eigenvalue weighted by Gasteiger charge is -2.35. The number of pyridine rings is 1. The Morgan fingerprint density at radius 3 is 2.65 bits per heavy atom. The van der Waals surface area contributed by atoms with Crippen molar-refractivity contribution in [3.8, 4) is 16.9 Å². The van der Waals surface area contributed by atoms with Crippen LogP contribution in [0.4, 0.5) is 14.5 Å². The molecule has 1 aliphatic carbocycles. The topological polar surface area (TPSA) is 89.9 Å². The number of nitrogens with one attached hydrogen (secondary N) is 1. The van der Waals surface area contributed by atoms with Gasteiger partial charge in [-0.3, -0.25) is 4.98 Å². The number of alkyl halides is 2. The van der Waals surface area contributed by atoms with E-state index in [0.29, 0.717) is 54.0 Å². The van der Waals surface area contributed by atoms with Gasteiger partial charge in [0.25, 0.3) is 6.43 Å². The lowest BCUT2D eigenvalue weighted by Crippen LogP contribution is -2.50. The summed E-state index contributed by atoms with van der Waals surface area (Å²) in [7, 11) is 0. The van der Waals surface area contributed by atoms with Crippen molar-refractivity contribution in [1.29, 1.82) is 0 Å². The van der Waals surface area contributed by atoms with E-state index >= 15 is 0 Å². The predicted molar refractivity (Wildman–Crippen MR) is 122 cm³/mol. The lowest BCUT2D eigenvalue weighted by molar-refractivity contribution is -0.145. The van der Waals surface area contributed by atoms with E-state index in [9.17, 15) is 18.7 Å². The number of carbonyl (C=O) groups is 1. The van der Waals surface area contributed by atoms with Crippen LogP contribution in [0.2, 0.25) is 0 Å². The van der Waals surface area contributed by atoms with E-state index in [1.807, 2.05) is 6.92 Å². The summed E-state index contributed by atoms with van der Waals surface area (Å²) in [6.45, 7) is 4.72. The van der Waals surface area contributed by atoms with Gasteiger partial charge in [-0.1, -0.05) is 0 Å². The van der Waals surface area contributed by atoms with Gasteiger partial charge in [-0.25, -0.2) is 13.6 Å². The molecule has 2 fully saturated rings. The van der Waals surface area contributed by atoms with E-state index in [1.54, 1.807) is 19.1 Å². The van der Waals surface area contributed by atoms with Crippen molar-refractivity contribution in [3.63, 3.8) is 0 Å². The van der Waals surface area contributed by atoms with Crippen LogP contribution in [0.25, 0.3) is 11.1 Å². The molecule has 0 bridgehead atoms. The first kappa shape index (κ1) is 24.3. The smallest absolute Gasteiger partial charge is 0.329 e. The van der Waals surface area contributed by atoms with Crippen LogP contribution < -0.4 is 10.1 Å². The van der Waals surface area contributed by atoms with E-state index in [0.717, 1.165) is 12.8 Å². The molecule has 1 aromatic carbocycles. The summed E-state index contributed by atoms with van der Waals surface area (Å²) in [5.74, 6) is -0.889. The van der Waals surface area contributed by atoms with Gasteiger partial charge in [0.05, 0.1) is 31.1 Å².